The van der Waals surface area contributed by atoms with Crippen LogP contribution in [0.3, 0.4) is 0 Å². The molecule has 7 heteroatoms. The van der Waals surface area contributed by atoms with E-state index in [0.717, 1.165) is 6.54 Å². The molecule has 0 saturated carbocycles. The molecule has 0 aromatic carbocycles. The van der Waals surface area contributed by atoms with Crippen LogP contribution >= 0.6 is 11.6 Å². The Morgan fingerprint density at radius 3 is 2.81 bits per heavy atom. The number of hydrogen-bond donors (Lipinski definition) is 2. The standard InChI is InChI=1S/C9H15ClN6/c1-4-12-8-13-6-16(7(10)14-8)15-9(2,3)5-11/h15H,4,6H2,1-3H3,(H,12,13). The van der Waals surface area contributed by atoms with E-state index in [2.05, 4.69) is 26.8 Å². The number of aliphatic imine (C=N–C) groups is 2. The molecule has 0 spiro atoms. The molecule has 1 rings (SSSR count). The van der Waals surface area contributed by atoms with Gasteiger partial charge in [-0.05, 0) is 32.4 Å². The minimum atomic E-state index is -0.707. The van der Waals surface area contributed by atoms with Gasteiger partial charge >= 0.3 is 0 Å². The molecule has 1 aliphatic heterocycles. The third-order valence-corrected chi connectivity index (χ3v) is 2.10. The van der Waals surface area contributed by atoms with Crippen LogP contribution in [0.5, 0.6) is 0 Å². The van der Waals surface area contributed by atoms with Gasteiger partial charge in [-0.15, -0.1) is 0 Å². The average Bonchev–Trinajstić information content (AvgIpc) is 2.23. The molecule has 0 saturated heterocycles. The second kappa shape index (κ2) is 5.14. The molecular weight excluding hydrogens is 228 g/mol. The molecule has 0 radical (unpaired) electrons. The third kappa shape index (κ3) is 3.36. The number of rotatable bonds is 3. The molecule has 0 amide bonds. The fraction of sp³-hybridized carbons (Fsp3) is 0.667. The van der Waals surface area contributed by atoms with Crippen LogP contribution in [0.1, 0.15) is 20.8 Å². The lowest BCUT2D eigenvalue weighted by atomic mass is 10.1. The van der Waals surface area contributed by atoms with Gasteiger partial charge in [0.25, 0.3) is 0 Å². The third-order valence-electron chi connectivity index (χ3n) is 1.81. The van der Waals surface area contributed by atoms with Gasteiger partial charge in [0.2, 0.25) is 11.3 Å². The summed E-state index contributed by atoms with van der Waals surface area (Å²) in [5, 5.41) is 13.7. The fourth-order valence-corrected chi connectivity index (χ4v) is 1.25. The molecule has 0 bridgehead atoms. The van der Waals surface area contributed by atoms with Gasteiger partial charge in [-0.2, -0.15) is 10.3 Å². The van der Waals surface area contributed by atoms with Crippen molar-refractivity contribution in [2.45, 2.75) is 26.3 Å². The number of nitrogens with zero attached hydrogens (tertiary/aromatic N) is 4. The van der Waals surface area contributed by atoms with E-state index in [4.69, 9.17) is 16.9 Å². The lowest BCUT2D eigenvalue weighted by molar-refractivity contribution is 0.246. The first kappa shape index (κ1) is 12.7. The highest BCUT2D eigenvalue weighted by atomic mass is 35.5. The molecule has 6 nitrogen and oxygen atoms in total. The van der Waals surface area contributed by atoms with Gasteiger partial charge in [-0.25, -0.2) is 10.4 Å². The topological polar surface area (TPSA) is 75.8 Å². The Morgan fingerprint density at radius 1 is 1.62 bits per heavy atom. The maximum Gasteiger partial charge on any atom is 0.222 e. The van der Waals surface area contributed by atoms with Crippen LogP contribution < -0.4 is 10.7 Å². The SMILES string of the molecule is CCNC1=NCN(NC(C)(C)C#N)C(Cl)=N1. The van der Waals surface area contributed by atoms with E-state index in [1.54, 1.807) is 13.8 Å². The Balaban J connectivity index is 2.64. The van der Waals surface area contributed by atoms with Gasteiger partial charge < -0.3 is 5.32 Å². The number of nitrogens with one attached hydrogen (secondary N) is 2. The predicted octanol–water partition coefficient (Wildman–Crippen LogP) is 0.627. The highest BCUT2D eigenvalue weighted by Crippen LogP contribution is 2.07. The molecule has 1 heterocycles. The molecule has 0 aliphatic carbocycles. The second-order valence-corrected chi connectivity index (χ2v) is 4.15. The molecule has 0 aromatic rings. The zero-order valence-corrected chi connectivity index (χ0v) is 10.3. The Kier molecular flexibility index (Phi) is 4.10. The summed E-state index contributed by atoms with van der Waals surface area (Å²) in [7, 11) is 0. The zero-order chi connectivity index (χ0) is 12.2. The van der Waals surface area contributed by atoms with Gasteiger partial charge in [-0.3, -0.25) is 5.01 Å². The van der Waals surface area contributed by atoms with Gasteiger partial charge in [0.05, 0.1) is 6.07 Å². The monoisotopic (exact) mass is 242 g/mol. The minimum Gasteiger partial charge on any atom is -0.355 e. The normalized spacial score (nSPS) is 16.3. The summed E-state index contributed by atoms with van der Waals surface area (Å²) >= 11 is 5.96. The molecule has 1 aliphatic rings. The van der Waals surface area contributed by atoms with Crippen LogP contribution in [0.2, 0.25) is 0 Å². The van der Waals surface area contributed by atoms with Crippen LogP contribution in [-0.4, -0.2) is 35.0 Å². The van der Waals surface area contributed by atoms with E-state index in [1.165, 1.54) is 5.01 Å². The van der Waals surface area contributed by atoms with Crippen molar-refractivity contribution in [3.63, 3.8) is 0 Å². The molecule has 2 N–H and O–H groups in total. The lowest BCUT2D eigenvalue weighted by Crippen LogP contribution is -2.53. The number of nitriles is 1. The van der Waals surface area contributed by atoms with Gasteiger partial charge in [0.1, 0.15) is 12.2 Å². The van der Waals surface area contributed by atoms with E-state index in [-0.39, 0.29) is 5.29 Å². The van der Waals surface area contributed by atoms with E-state index in [9.17, 15) is 0 Å². The van der Waals surface area contributed by atoms with Crippen LogP contribution in [-0.2, 0) is 0 Å². The Labute approximate surface area is 100.0 Å². The highest BCUT2D eigenvalue weighted by molar-refractivity contribution is 6.65. The van der Waals surface area contributed by atoms with Crippen molar-refractivity contribution < 1.29 is 0 Å². The van der Waals surface area contributed by atoms with E-state index in [0.29, 0.717) is 12.6 Å². The molecule has 16 heavy (non-hydrogen) atoms. The molecule has 88 valence electrons. The number of amidine groups is 1. The molecule has 0 fully saturated rings. The van der Waals surface area contributed by atoms with E-state index < -0.39 is 5.54 Å². The van der Waals surface area contributed by atoms with Crippen molar-refractivity contribution in [1.29, 1.82) is 5.26 Å². The number of halogens is 1. The summed E-state index contributed by atoms with van der Waals surface area (Å²) in [6.45, 7) is 6.52. The number of guanidine groups is 1. The van der Waals surface area contributed by atoms with Crippen LogP contribution in [0.4, 0.5) is 0 Å². The van der Waals surface area contributed by atoms with Crippen molar-refractivity contribution >= 4 is 22.9 Å². The Hall–Kier alpha value is -1.32. The summed E-state index contributed by atoms with van der Waals surface area (Å²) in [4.78, 5) is 8.20. The summed E-state index contributed by atoms with van der Waals surface area (Å²) in [5.41, 5.74) is 2.22. The maximum absolute atomic E-state index is 8.88. The summed E-state index contributed by atoms with van der Waals surface area (Å²) in [6, 6.07) is 2.12. The fourth-order valence-electron chi connectivity index (χ4n) is 1.08. The summed E-state index contributed by atoms with van der Waals surface area (Å²) in [6.07, 6.45) is 0. The van der Waals surface area contributed by atoms with Crippen LogP contribution in [0, 0.1) is 11.3 Å². The van der Waals surface area contributed by atoms with Crippen molar-refractivity contribution in [2.75, 3.05) is 13.2 Å². The lowest BCUT2D eigenvalue weighted by Gasteiger charge is -2.30. The summed E-state index contributed by atoms with van der Waals surface area (Å²) in [5.74, 6) is 0.514. The molecule has 0 atom stereocenters. The molecule has 0 aromatic heterocycles. The van der Waals surface area contributed by atoms with Gasteiger partial charge in [-0.1, -0.05) is 0 Å². The van der Waals surface area contributed by atoms with Crippen LogP contribution in [0.15, 0.2) is 9.98 Å². The largest absolute Gasteiger partial charge is 0.355 e. The first-order valence-corrected chi connectivity index (χ1v) is 5.35. The molecular formula is C9H15ClN6. The Morgan fingerprint density at radius 2 is 2.31 bits per heavy atom. The van der Waals surface area contributed by atoms with Crippen LogP contribution in [0.25, 0.3) is 0 Å². The predicted molar refractivity (Wildman–Crippen MR) is 63.9 cm³/mol. The smallest absolute Gasteiger partial charge is 0.222 e. The van der Waals surface area contributed by atoms with Gasteiger partial charge in [0, 0.05) is 6.54 Å². The average molecular weight is 243 g/mol. The second-order valence-electron chi connectivity index (χ2n) is 3.81. The van der Waals surface area contributed by atoms with E-state index >= 15 is 0 Å². The quantitative estimate of drug-likeness (QED) is 0.712. The van der Waals surface area contributed by atoms with Gasteiger partial charge in [0.15, 0.2) is 0 Å². The first-order chi connectivity index (χ1) is 7.48. The number of hydrogen-bond acceptors (Lipinski definition) is 6. The summed E-state index contributed by atoms with van der Waals surface area (Å²) < 4.78 is 0. The first-order valence-electron chi connectivity index (χ1n) is 4.97. The van der Waals surface area contributed by atoms with Crippen molar-refractivity contribution in [1.82, 2.24) is 15.8 Å². The zero-order valence-electron chi connectivity index (χ0n) is 9.58. The van der Waals surface area contributed by atoms with Crippen molar-refractivity contribution in [3.8, 4) is 6.07 Å². The van der Waals surface area contributed by atoms with Crippen molar-refractivity contribution in [2.24, 2.45) is 9.98 Å². The van der Waals surface area contributed by atoms with Crippen molar-refractivity contribution in [3.05, 3.63) is 0 Å². The number of hydrazine groups is 1. The Bertz CT molecular complexity index is 354. The minimum absolute atomic E-state index is 0.272. The van der Waals surface area contributed by atoms with E-state index in [1.807, 2.05) is 6.92 Å². The molecule has 0 unspecified atom stereocenters. The maximum atomic E-state index is 8.88. The highest BCUT2D eigenvalue weighted by Gasteiger charge is 2.23.